The van der Waals surface area contributed by atoms with Crippen LogP contribution >= 0.6 is 11.3 Å². The van der Waals surface area contributed by atoms with Crippen LogP contribution in [0.15, 0.2) is 17.8 Å². The molecule has 3 rings (SSSR count). The van der Waals surface area contributed by atoms with Crippen LogP contribution in [0.5, 0.6) is 0 Å². The van der Waals surface area contributed by atoms with E-state index in [9.17, 15) is 13.6 Å². The Kier molecular flexibility index (Phi) is 4.76. The summed E-state index contributed by atoms with van der Waals surface area (Å²) in [7, 11) is 0. The van der Waals surface area contributed by atoms with Crippen molar-refractivity contribution in [2.75, 3.05) is 31.1 Å². The van der Waals surface area contributed by atoms with Gasteiger partial charge in [-0.2, -0.15) is 18.6 Å². The second-order valence-corrected chi connectivity index (χ2v) is 5.62. The van der Waals surface area contributed by atoms with E-state index in [1.165, 1.54) is 17.4 Å². The summed E-state index contributed by atoms with van der Waals surface area (Å²) >= 11 is 1.42. The number of amides is 1. The topological polar surface area (TPSA) is 85.2 Å². The average Bonchev–Trinajstić information content (AvgIpc) is 3.23. The highest BCUT2D eigenvalue weighted by atomic mass is 32.1. The molecule has 1 saturated heterocycles. The van der Waals surface area contributed by atoms with Gasteiger partial charge in [-0.3, -0.25) is 4.79 Å². The number of hydrogen-bond acceptors (Lipinski definition) is 7. The van der Waals surface area contributed by atoms with Crippen LogP contribution in [-0.2, 0) is 4.74 Å². The Balaban J connectivity index is 1.55. The third-order valence-corrected chi connectivity index (χ3v) is 4.09. The van der Waals surface area contributed by atoms with Gasteiger partial charge in [-0.15, -0.1) is 10.2 Å². The molecule has 11 heteroatoms. The first-order valence-electron chi connectivity index (χ1n) is 6.87. The molecule has 2 aromatic rings. The second-order valence-electron chi connectivity index (χ2n) is 4.81. The van der Waals surface area contributed by atoms with Gasteiger partial charge in [-0.1, -0.05) is 11.3 Å². The first-order chi connectivity index (χ1) is 11.1. The first-order valence-corrected chi connectivity index (χ1v) is 7.75. The highest BCUT2D eigenvalue weighted by Gasteiger charge is 2.24. The van der Waals surface area contributed by atoms with Crippen LogP contribution in [0, 0.1) is 0 Å². The van der Waals surface area contributed by atoms with Crippen LogP contribution in [0.25, 0.3) is 0 Å². The largest absolute Gasteiger partial charge is 0.373 e. The van der Waals surface area contributed by atoms with E-state index >= 15 is 0 Å². The average molecular weight is 344 g/mol. The van der Waals surface area contributed by atoms with E-state index in [0.717, 1.165) is 11.3 Å². The lowest BCUT2D eigenvalue weighted by atomic mass is 10.2. The number of morpholine rings is 1. The fourth-order valence-electron chi connectivity index (χ4n) is 2.27. The Labute approximate surface area is 134 Å². The molecule has 0 aliphatic carbocycles. The smallest absolute Gasteiger partial charge is 0.333 e. The zero-order valence-electron chi connectivity index (χ0n) is 11.9. The number of nitrogens with zero attached hydrogens (tertiary/aromatic N) is 5. The number of aromatic nitrogens is 4. The predicted molar refractivity (Wildman–Crippen MR) is 77.7 cm³/mol. The molecule has 8 nitrogen and oxygen atoms in total. The molecule has 0 radical (unpaired) electrons. The minimum atomic E-state index is -2.86. The van der Waals surface area contributed by atoms with Gasteiger partial charge in [0.2, 0.25) is 5.13 Å². The van der Waals surface area contributed by atoms with E-state index in [-0.39, 0.29) is 18.3 Å². The van der Waals surface area contributed by atoms with Crippen molar-refractivity contribution < 1.29 is 18.3 Å². The molecule has 1 aliphatic heterocycles. The van der Waals surface area contributed by atoms with Crippen LogP contribution in [0.3, 0.4) is 0 Å². The molecule has 2 aromatic heterocycles. The molecule has 124 valence electrons. The molecule has 0 aromatic carbocycles. The van der Waals surface area contributed by atoms with Crippen molar-refractivity contribution in [3.63, 3.8) is 0 Å². The van der Waals surface area contributed by atoms with Gasteiger partial charge in [-0.25, -0.2) is 0 Å². The Morgan fingerprint density at radius 1 is 1.57 bits per heavy atom. The Morgan fingerprint density at radius 2 is 2.43 bits per heavy atom. The van der Waals surface area contributed by atoms with Crippen molar-refractivity contribution in [1.29, 1.82) is 0 Å². The molecule has 1 atom stereocenters. The van der Waals surface area contributed by atoms with Gasteiger partial charge in [0.15, 0.2) is 0 Å². The molecule has 0 saturated carbocycles. The van der Waals surface area contributed by atoms with Crippen molar-refractivity contribution in [2.24, 2.45) is 0 Å². The zero-order chi connectivity index (χ0) is 16.2. The standard InChI is InChI=1S/C12H14F2N6O2S/c13-11(14)20-9(1-2-17-20)10(21)15-5-8-6-19(3-4-22-8)12-18-16-7-23-12/h1-2,7-8,11H,3-6H2,(H,15,21). The number of carbonyl (C=O) groups excluding carboxylic acids is 1. The van der Waals surface area contributed by atoms with Crippen LogP contribution in [0.4, 0.5) is 13.9 Å². The Bertz CT molecular complexity index is 650. The van der Waals surface area contributed by atoms with Crippen molar-refractivity contribution in [3.05, 3.63) is 23.5 Å². The normalized spacial score (nSPS) is 18.4. The molecule has 23 heavy (non-hydrogen) atoms. The summed E-state index contributed by atoms with van der Waals surface area (Å²) in [6.07, 6.45) is 0.912. The van der Waals surface area contributed by atoms with E-state index < -0.39 is 12.5 Å². The first kappa shape index (κ1) is 15.7. The third-order valence-electron chi connectivity index (χ3n) is 3.34. The molecule has 1 aliphatic rings. The van der Waals surface area contributed by atoms with Crippen molar-refractivity contribution in [1.82, 2.24) is 25.3 Å². The minimum absolute atomic E-state index is 0.184. The summed E-state index contributed by atoms with van der Waals surface area (Å²) in [5.41, 5.74) is 1.46. The number of rotatable bonds is 5. The Hall–Kier alpha value is -2.14. The monoisotopic (exact) mass is 344 g/mol. The lowest BCUT2D eigenvalue weighted by Crippen LogP contribution is -2.47. The predicted octanol–water partition coefficient (Wildman–Crippen LogP) is 0.765. The maximum absolute atomic E-state index is 12.7. The van der Waals surface area contributed by atoms with Gasteiger partial charge < -0.3 is 15.0 Å². The fraction of sp³-hybridized carbons (Fsp3) is 0.500. The van der Waals surface area contributed by atoms with E-state index in [1.54, 1.807) is 5.51 Å². The van der Waals surface area contributed by atoms with Crippen molar-refractivity contribution in [2.45, 2.75) is 12.7 Å². The maximum Gasteiger partial charge on any atom is 0.333 e. The summed E-state index contributed by atoms with van der Waals surface area (Å²) in [6.45, 7) is -0.913. The lowest BCUT2D eigenvalue weighted by Gasteiger charge is -2.32. The van der Waals surface area contributed by atoms with E-state index in [1.807, 2.05) is 4.90 Å². The second kappa shape index (κ2) is 6.96. The lowest BCUT2D eigenvalue weighted by molar-refractivity contribution is 0.0377. The number of hydrogen-bond donors (Lipinski definition) is 1. The number of nitrogens with one attached hydrogen (secondary N) is 1. The SMILES string of the molecule is O=C(NCC1CN(c2nncs2)CCO1)c1ccnn1C(F)F. The van der Waals surface area contributed by atoms with Gasteiger partial charge in [0.05, 0.1) is 12.7 Å². The molecule has 1 N–H and O–H groups in total. The molecule has 0 bridgehead atoms. The number of anilines is 1. The fourth-order valence-corrected chi connectivity index (χ4v) is 2.87. The Morgan fingerprint density at radius 3 is 3.17 bits per heavy atom. The molecular weight excluding hydrogens is 330 g/mol. The summed E-state index contributed by atoms with van der Waals surface area (Å²) in [4.78, 5) is 14.0. The van der Waals surface area contributed by atoms with Crippen LogP contribution < -0.4 is 10.2 Å². The quantitative estimate of drug-likeness (QED) is 0.862. The molecule has 1 amide bonds. The van der Waals surface area contributed by atoms with Crippen LogP contribution in [-0.4, -0.2) is 58.2 Å². The van der Waals surface area contributed by atoms with E-state index in [4.69, 9.17) is 4.74 Å². The highest BCUT2D eigenvalue weighted by Crippen LogP contribution is 2.18. The number of carbonyl (C=O) groups is 1. The highest BCUT2D eigenvalue weighted by molar-refractivity contribution is 7.13. The van der Waals surface area contributed by atoms with Crippen LogP contribution in [0.1, 0.15) is 17.0 Å². The van der Waals surface area contributed by atoms with Crippen LogP contribution in [0.2, 0.25) is 0 Å². The van der Waals surface area contributed by atoms with Crippen molar-refractivity contribution >= 4 is 22.4 Å². The summed E-state index contributed by atoms with van der Waals surface area (Å²) in [6, 6.07) is 1.25. The van der Waals surface area contributed by atoms with Gasteiger partial charge in [0, 0.05) is 25.8 Å². The van der Waals surface area contributed by atoms with Crippen molar-refractivity contribution in [3.8, 4) is 0 Å². The third kappa shape index (κ3) is 3.62. The van der Waals surface area contributed by atoms with E-state index in [2.05, 4.69) is 20.6 Å². The molecule has 3 heterocycles. The van der Waals surface area contributed by atoms with Gasteiger partial charge in [0.25, 0.3) is 5.91 Å². The molecule has 1 unspecified atom stereocenters. The summed E-state index contributed by atoms with van der Waals surface area (Å²) < 4.78 is 31.4. The van der Waals surface area contributed by atoms with Gasteiger partial charge in [0.1, 0.15) is 11.2 Å². The molecule has 1 fully saturated rings. The zero-order valence-corrected chi connectivity index (χ0v) is 12.7. The van der Waals surface area contributed by atoms with Gasteiger partial charge >= 0.3 is 6.55 Å². The number of ether oxygens (including phenoxy) is 1. The summed E-state index contributed by atoms with van der Waals surface area (Å²) in [5, 5.41) is 14.6. The van der Waals surface area contributed by atoms with Gasteiger partial charge in [-0.05, 0) is 6.07 Å². The van der Waals surface area contributed by atoms with E-state index in [0.29, 0.717) is 24.4 Å². The molecular formula is C12H14F2N6O2S. The maximum atomic E-state index is 12.7. The molecule has 0 spiro atoms. The number of halogens is 2. The summed E-state index contributed by atoms with van der Waals surface area (Å²) in [5.74, 6) is -0.612. The minimum Gasteiger partial charge on any atom is -0.373 e. The number of alkyl halides is 2.